The van der Waals surface area contributed by atoms with Gasteiger partial charge in [-0.2, -0.15) is 0 Å². The van der Waals surface area contributed by atoms with Gasteiger partial charge in [0.15, 0.2) is 11.0 Å². The van der Waals surface area contributed by atoms with Crippen molar-refractivity contribution in [3.05, 3.63) is 60.7 Å². The smallest absolute Gasteiger partial charge is 0.196 e. The number of fused-ring (bicyclic) bond motifs is 1. The van der Waals surface area contributed by atoms with E-state index in [1.165, 1.54) is 11.8 Å². The fourth-order valence-corrected chi connectivity index (χ4v) is 3.37. The summed E-state index contributed by atoms with van der Waals surface area (Å²) in [5, 5.41) is 19.7. The lowest BCUT2D eigenvalue weighted by Crippen LogP contribution is -2.00. The van der Waals surface area contributed by atoms with Gasteiger partial charge in [-0.1, -0.05) is 48.2 Å². The highest BCUT2D eigenvalue weighted by atomic mass is 32.2. The van der Waals surface area contributed by atoms with E-state index >= 15 is 0 Å². The van der Waals surface area contributed by atoms with Crippen molar-refractivity contribution in [1.29, 1.82) is 0 Å². The van der Waals surface area contributed by atoms with Crippen LogP contribution in [0.1, 0.15) is 0 Å². The first kappa shape index (κ1) is 15.0. The van der Waals surface area contributed by atoms with E-state index in [0.717, 1.165) is 33.3 Å². The van der Waals surface area contributed by atoms with Crippen LogP contribution >= 0.6 is 11.8 Å². The number of nitrogens with one attached hydrogen (secondary N) is 1. The maximum absolute atomic E-state index is 9.12. The fourth-order valence-electron chi connectivity index (χ4n) is 2.68. The van der Waals surface area contributed by atoms with E-state index in [2.05, 4.69) is 27.3 Å². The minimum absolute atomic E-state index is 0.105. The molecule has 0 atom stereocenters. The van der Waals surface area contributed by atoms with E-state index in [0.29, 0.717) is 5.75 Å². The molecule has 24 heavy (non-hydrogen) atoms. The lowest BCUT2D eigenvalue weighted by molar-refractivity contribution is 0.322. The molecule has 0 aliphatic carbocycles. The molecule has 120 valence electrons. The van der Waals surface area contributed by atoms with Crippen LogP contribution in [0.4, 0.5) is 0 Å². The summed E-state index contributed by atoms with van der Waals surface area (Å²) >= 11 is 1.49. The molecule has 0 amide bonds. The Morgan fingerprint density at radius 1 is 1.00 bits per heavy atom. The number of aliphatic hydroxyl groups is 1. The van der Waals surface area contributed by atoms with Crippen molar-refractivity contribution in [3.8, 4) is 17.2 Å². The molecule has 4 rings (SSSR count). The predicted octanol–water partition coefficient (Wildman–Crippen LogP) is 3.50. The molecule has 0 aliphatic heterocycles. The quantitative estimate of drug-likeness (QED) is 0.547. The van der Waals surface area contributed by atoms with E-state index in [9.17, 15) is 0 Å². The van der Waals surface area contributed by atoms with Crippen LogP contribution in [-0.4, -0.2) is 37.2 Å². The molecule has 2 N–H and O–H groups in total. The minimum atomic E-state index is 0.105. The third-order valence-corrected chi connectivity index (χ3v) is 4.65. The Morgan fingerprint density at radius 3 is 2.58 bits per heavy atom. The van der Waals surface area contributed by atoms with E-state index in [1.54, 1.807) is 0 Å². The summed E-state index contributed by atoms with van der Waals surface area (Å²) in [6.45, 7) is 0.105. The summed E-state index contributed by atoms with van der Waals surface area (Å²) in [4.78, 5) is 3.41. The summed E-state index contributed by atoms with van der Waals surface area (Å²) in [7, 11) is 0. The van der Waals surface area contributed by atoms with Gasteiger partial charge < -0.3 is 10.1 Å². The Hall–Kier alpha value is -2.57. The molecule has 0 saturated heterocycles. The molecule has 6 heteroatoms. The Labute approximate surface area is 143 Å². The molecular weight excluding hydrogens is 320 g/mol. The first-order valence-corrected chi connectivity index (χ1v) is 8.68. The van der Waals surface area contributed by atoms with Crippen molar-refractivity contribution in [2.24, 2.45) is 0 Å². The number of aromatic nitrogens is 4. The maximum Gasteiger partial charge on any atom is 0.196 e. The molecule has 5 nitrogen and oxygen atoms in total. The molecule has 0 spiro atoms. The largest absolute Gasteiger partial charge is 0.396 e. The van der Waals surface area contributed by atoms with E-state index in [4.69, 9.17) is 5.11 Å². The van der Waals surface area contributed by atoms with Gasteiger partial charge >= 0.3 is 0 Å². The molecule has 0 saturated carbocycles. The van der Waals surface area contributed by atoms with Gasteiger partial charge in [0.25, 0.3) is 0 Å². The Kier molecular flexibility index (Phi) is 4.06. The van der Waals surface area contributed by atoms with Gasteiger partial charge in [0.2, 0.25) is 0 Å². The second-order valence-electron chi connectivity index (χ2n) is 5.32. The number of nitrogens with zero attached hydrogens (tertiary/aromatic N) is 3. The molecule has 2 aromatic carbocycles. The number of thioether (sulfide) groups is 1. The first-order valence-electron chi connectivity index (χ1n) is 7.69. The van der Waals surface area contributed by atoms with Crippen LogP contribution < -0.4 is 0 Å². The van der Waals surface area contributed by atoms with Crippen molar-refractivity contribution in [1.82, 2.24) is 19.7 Å². The standard InChI is InChI=1S/C18H16N4OS/c23-10-11-24-18-21-20-17(22(18)14-7-2-1-3-8-14)16-12-13-6-4-5-9-15(13)19-16/h1-9,12,19,23H,10-11H2. The normalized spacial score (nSPS) is 11.2. The lowest BCUT2D eigenvalue weighted by atomic mass is 10.2. The van der Waals surface area contributed by atoms with Crippen LogP contribution in [-0.2, 0) is 0 Å². The first-order chi connectivity index (χ1) is 11.9. The van der Waals surface area contributed by atoms with Gasteiger partial charge in [-0.3, -0.25) is 4.57 Å². The van der Waals surface area contributed by atoms with Crippen LogP contribution in [0.5, 0.6) is 0 Å². The highest BCUT2D eigenvalue weighted by molar-refractivity contribution is 7.99. The highest BCUT2D eigenvalue weighted by Gasteiger charge is 2.17. The summed E-state index contributed by atoms with van der Waals surface area (Å²) < 4.78 is 2.02. The molecule has 0 aliphatic rings. The highest BCUT2D eigenvalue weighted by Crippen LogP contribution is 2.29. The van der Waals surface area contributed by atoms with Gasteiger partial charge in [-0.15, -0.1) is 10.2 Å². The number of H-pyrrole nitrogens is 1. The van der Waals surface area contributed by atoms with Crippen LogP contribution in [0, 0.1) is 0 Å². The summed E-state index contributed by atoms with van der Waals surface area (Å²) in [5.41, 5.74) is 2.99. The Balaban J connectivity index is 1.87. The second kappa shape index (κ2) is 6.51. The zero-order valence-corrected chi connectivity index (χ0v) is 13.7. The molecule has 2 heterocycles. The average Bonchev–Trinajstić information content (AvgIpc) is 3.24. The summed E-state index contributed by atoms with van der Waals surface area (Å²) in [5.74, 6) is 1.34. The van der Waals surface area contributed by atoms with Crippen molar-refractivity contribution in [2.75, 3.05) is 12.4 Å². The average molecular weight is 336 g/mol. The zero-order chi connectivity index (χ0) is 16.4. The third kappa shape index (κ3) is 2.70. The van der Waals surface area contributed by atoms with Gasteiger partial charge in [-0.05, 0) is 24.3 Å². The predicted molar refractivity (Wildman–Crippen MR) is 96.5 cm³/mol. The monoisotopic (exact) mass is 336 g/mol. The Bertz CT molecular complexity index is 928. The van der Waals surface area contributed by atoms with Crippen molar-refractivity contribution in [2.45, 2.75) is 5.16 Å². The number of aromatic amines is 1. The second-order valence-corrected chi connectivity index (χ2v) is 6.38. The zero-order valence-electron chi connectivity index (χ0n) is 12.9. The van der Waals surface area contributed by atoms with Crippen LogP contribution in [0.3, 0.4) is 0 Å². The maximum atomic E-state index is 9.12. The topological polar surface area (TPSA) is 66.7 Å². The third-order valence-electron chi connectivity index (χ3n) is 3.74. The van der Waals surface area contributed by atoms with Crippen molar-refractivity contribution < 1.29 is 5.11 Å². The van der Waals surface area contributed by atoms with E-state index in [-0.39, 0.29) is 6.61 Å². The number of hydrogen-bond acceptors (Lipinski definition) is 4. The number of aliphatic hydroxyl groups excluding tert-OH is 1. The SMILES string of the molecule is OCCSc1nnc(-c2cc3ccccc3[nH]2)n1-c1ccccc1. The minimum Gasteiger partial charge on any atom is -0.396 e. The fraction of sp³-hybridized carbons (Fsp3) is 0.111. The van der Waals surface area contributed by atoms with Crippen molar-refractivity contribution in [3.63, 3.8) is 0 Å². The molecule has 0 bridgehead atoms. The Morgan fingerprint density at radius 2 is 1.79 bits per heavy atom. The van der Waals surface area contributed by atoms with Crippen LogP contribution in [0.25, 0.3) is 28.1 Å². The van der Waals surface area contributed by atoms with Crippen LogP contribution in [0.2, 0.25) is 0 Å². The lowest BCUT2D eigenvalue weighted by Gasteiger charge is -2.08. The summed E-state index contributed by atoms with van der Waals surface area (Å²) in [6, 6.07) is 20.2. The van der Waals surface area contributed by atoms with Crippen LogP contribution in [0.15, 0.2) is 65.8 Å². The van der Waals surface area contributed by atoms with Gasteiger partial charge in [0.1, 0.15) is 0 Å². The molecular formula is C18H16N4OS. The molecule has 2 aromatic heterocycles. The number of benzene rings is 2. The molecule has 4 aromatic rings. The number of para-hydroxylation sites is 2. The summed E-state index contributed by atoms with van der Waals surface area (Å²) in [6.07, 6.45) is 0. The molecule has 0 unspecified atom stereocenters. The van der Waals surface area contributed by atoms with E-state index in [1.807, 2.05) is 53.1 Å². The van der Waals surface area contributed by atoms with Gasteiger partial charge in [0, 0.05) is 22.3 Å². The van der Waals surface area contributed by atoms with E-state index < -0.39 is 0 Å². The molecule has 0 radical (unpaired) electrons. The number of hydrogen-bond donors (Lipinski definition) is 2. The number of rotatable bonds is 5. The van der Waals surface area contributed by atoms with Crippen molar-refractivity contribution >= 4 is 22.7 Å². The van der Waals surface area contributed by atoms with Gasteiger partial charge in [0.05, 0.1) is 12.3 Å². The molecule has 0 fully saturated rings. The van der Waals surface area contributed by atoms with Gasteiger partial charge in [-0.25, -0.2) is 0 Å².